The molecule has 0 unspecified atom stereocenters. The average Bonchev–Trinajstić information content (AvgIpc) is 2.82. The Balaban J connectivity index is 1.37. The molecule has 0 aliphatic carbocycles. The summed E-state index contributed by atoms with van der Waals surface area (Å²) >= 11 is 5.94. The molecule has 1 heterocycles. The van der Waals surface area contributed by atoms with E-state index in [9.17, 15) is 9.59 Å². The van der Waals surface area contributed by atoms with E-state index < -0.39 is 0 Å². The molecule has 0 bridgehead atoms. The number of carbonyl (C=O) groups is 2. The molecular weight excluding hydrogens is 428 g/mol. The summed E-state index contributed by atoms with van der Waals surface area (Å²) in [5.74, 6) is 0.193. The summed E-state index contributed by atoms with van der Waals surface area (Å²) in [6.07, 6.45) is 3.01. The molecule has 1 aliphatic rings. The van der Waals surface area contributed by atoms with Crippen LogP contribution in [0.15, 0.2) is 48.5 Å². The van der Waals surface area contributed by atoms with Gasteiger partial charge in [0.1, 0.15) is 5.75 Å². The van der Waals surface area contributed by atoms with Gasteiger partial charge in [-0.2, -0.15) is 0 Å². The Bertz CT molecular complexity index is 863. The number of unbranched alkanes of at least 4 members (excludes halogenated alkanes) is 2. The van der Waals surface area contributed by atoms with Crippen molar-refractivity contribution in [3.05, 3.63) is 64.7 Å². The lowest BCUT2D eigenvalue weighted by molar-refractivity contribution is -0.135. The van der Waals surface area contributed by atoms with E-state index in [0.717, 1.165) is 43.9 Å². The summed E-state index contributed by atoms with van der Waals surface area (Å²) in [5.41, 5.74) is 1.70. The first-order valence-electron chi connectivity index (χ1n) is 11.2. The van der Waals surface area contributed by atoms with Crippen molar-refractivity contribution in [3.63, 3.8) is 0 Å². The smallest absolute Gasteiger partial charge is 0.338 e. The van der Waals surface area contributed by atoms with E-state index in [4.69, 9.17) is 21.1 Å². The molecule has 0 radical (unpaired) electrons. The van der Waals surface area contributed by atoms with Crippen LogP contribution in [0.2, 0.25) is 5.02 Å². The fourth-order valence-corrected chi connectivity index (χ4v) is 3.65. The first-order chi connectivity index (χ1) is 15.5. The van der Waals surface area contributed by atoms with E-state index in [-0.39, 0.29) is 18.5 Å². The van der Waals surface area contributed by atoms with Gasteiger partial charge in [0.2, 0.25) is 0 Å². The molecule has 1 saturated heterocycles. The Labute approximate surface area is 195 Å². The summed E-state index contributed by atoms with van der Waals surface area (Å²) < 4.78 is 10.9. The third kappa shape index (κ3) is 7.53. The van der Waals surface area contributed by atoms with Crippen molar-refractivity contribution in [1.29, 1.82) is 0 Å². The van der Waals surface area contributed by atoms with E-state index in [1.165, 1.54) is 5.56 Å². The molecule has 1 fully saturated rings. The summed E-state index contributed by atoms with van der Waals surface area (Å²) in [7, 11) is 0. The maximum absolute atomic E-state index is 12.5. The van der Waals surface area contributed by atoms with Crippen LogP contribution in [0.4, 0.5) is 0 Å². The fourth-order valence-electron chi connectivity index (χ4n) is 3.53. The lowest BCUT2D eigenvalue weighted by Crippen LogP contribution is -2.49. The molecule has 1 amide bonds. The molecule has 2 aromatic carbocycles. The Morgan fingerprint density at radius 1 is 0.938 bits per heavy atom. The van der Waals surface area contributed by atoms with Gasteiger partial charge in [-0.3, -0.25) is 9.69 Å². The molecule has 6 nitrogen and oxygen atoms in total. The molecule has 172 valence electrons. The minimum absolute atomic E-state index is 0.0159. The van der Waals surface area contributed by atoms with Crippen LogP contribution in [0.1, 0.15) is 42.1 Å². The van der Waals surface area contributed by atoms with Gasteiger partial charge in [-0.1, -0.05) is 43.5 Å². The quantitative estimate of drug-likeness (QED) is 0.390. The molecule has 0 aromatic heterocycles. The fraction of sp³-hybridized carbons (Fsp3) is 0.440. The van der Waals surface area contributed by atoms with Crippen molar-refractivity contribution in [1.82, 2.24) is 9.80 Å². The zero-order chi connectivity index (χ0) is 22.8. The topological polar surface area (TPSA) is 59.1 Å². The van der Waals surface area contributed by atoms with E-state index in [0.29, 0.717) is 31.0 Å². The Hall–Kier alpha value is -2.57. The second-order valence-electron chi connectivity index (χ2n) is 7.94. The Kier molecular flexibility index (Phi) is 9.38. The average molecular weight is 459 g/mol. The van der Waals surface area contributed by atoms with Gasteiger partial charge in [-0.25, -0.2) is 4.79 Å². The first-order valence-corrected chi connectivity index (χ1v) is 11.6. The standard InChI is InChI=1S/C25H31ClN2O4/c1-2-3-4-17-31-25(30)21-7-11-23(12-8-21)32-19-24(29)28-15-13-27(14-16-28)18-20-5-9-22(26)10-6-20/h5-12H,2-4,13-19H2,1H3. The number of piperazine rings is 1. The highest BCUT2D eigenvalue weighted by atomic mass is 35.5. The largest absolute Gasteiger partial charge is 0.484 e. The van der Waals surface area contributed by atoms with Gasteiger partial charge in [0.15, 0.2) is 6.61 Å². The van der Waals surface area contributed by atoms with Crippen LogP contribution < -0.4 is 4.74 Å². The second kappa shape index (κ2) is 12.5. The number of hydrogen-bond donors (Lipinski definition) is 0. The van der Waals surface area contributed by atoms with Crippen LogP contribution in [-0.4, -0.2) is 61.1 Å². The molecule has 2 aromatic rings. The number of esters is 1. The molecule has 0 saturated carbocycles. The SMILES string of the molecule is CCCCCOC(=O)c1ccc(OCC(=O)N2CCN(Cc3ccc(Cl)cc3)CC2)cc1. The van der Waals surface area contributed by atoms with Gasteiger partial charge in [-0.15, -0.1) is 0 Å². The number of amides is 1. The Morgan fingerprint density at radius 2 is 1.62 bits per heavy atom. The monoisotopic (exact) mass is 458 g/mol. The minimum Gasteiger partial charge on any atom is -0.484 e. The number of ether oxygens (including phenoxy) is 2. The lowest BCUT2D eigenvalue weighted by atomic mass is 10.2. The number of benzene rings is 2. The van der Waals surface area contributed by atoms with Crippen molar-refractivity contribution in [2.75, 3.05) is 39.4 Å². The van der Waals surface area contributed by atoms with Crippen molar-refractivity contribution in [2.24, 2.45) is 0 Å². The van der Waals surface area contributed by atoms with Crippen LogP contribution in [0.3, 0.4) is 0 Å². The normalized spacial score (nSPS) is 14.2. The summed E-state index contributed by atoms with van der Waals surface area (Å²) in [5, 5.41) is 0.737. The number of carbonyl (C=O) groups excluding carboxylic acids is 2. The zero-order valence-corrected chi connectivity index (χ0v) is 19.4. The van der Waals surface area contributed by atoms with Gasteiger partial charge < -0.3 is 14.4 Å². The predicted molar refractivity (Wildman–Crippen MR) is 125 cm³/mol. The highest BCUT2D eigenvalue weighted by molar-refractivity contribution is 6.30. The second-order valence-corrected chi connectivity index (χ2v) is 8.38. The third-order valence-electron chi connectivity index (χ3n) is 5.48. The summed E-state index contributed by atoms with van der Waals surface area (Å²) in [6, 6.07) is 14.6. The van der Waals surface area contributed by atoms with Crippen LogP contribution in [-0.2, 0) is 16.1 Å². The summed E-state index contributed by atoms with van der Waals surface area (Å²) in [6.45, 7) is 6.38. The molecule has 1 aliphatic heterocycles. The number of rotatable bonds is 10. The van der Waals surface area contributed by atoms with Crippen LogP contribution in [0, 0.1) is 0 Å². The molecule has 0 spiro atoms. The van der Waals surface area contributed by atoms with Crippen LogP contribution in [0.5, 0.6) is 5.75 Å². The van der Waals surface area contributed by atoms with Crippen LogP contribution in [0.25, 0.3) is 0 Å². The van der Waals surface area contributed by atoms with Crippen molar-refractivity contribution in [2.45, 2.75) is 32.7 Å². The van der Waals surface area contributed by atoms with Gasteiger partial charge in [0.05, 0.1) is 12.2 Å². The molecular formula is C25H31ClN2O4. The van der Waals surface area contributed by atoms with E-state index in [1.54, 1.807) is 24.3 Å². The van der Waals surface area contributed by atoms with Gasteiger partial charge >= 0.3 is 5.97 Å². The predicted octanol–water partition coefficient (Wildman–Crippen LogP) is 4.41. The molecule has 3 rings (SSSR count). The first kappa shape index (κ1) is 24.1. The van der Waals surface area contributed by atoms with Gasteiger partial charge in [0.25, 0.3) is 5.91 Å². The van der Waals surface area contributed by atoms with E-state index >= 15 is 0 Å². The number of hydrogen-bond acceptors (Lipinski definition) is 5. The lowest BCUT2D eigenvalue weighted by Gasteiger charge is -2.34. The molecule has 0 atom stereocenters. The maximum atomic E-state index is 12.5. The van der Waals surface area contributed by atoms with Crippen molar-refractivity contribution >= 4 is 23.5 Å². The highest BCUT2D eigenvalue weighted by Crippen LogP contribution is 2.15. The highest BCUT2D eigenvalue weighted by Gasteiger charge is 2.21. The summed E-state index contributed by atoms with van der Waals surface area (Å²) in [4.78, 5) is 28.7. The zero-order valence-electron chi connectivity index (χ0n) is 18.6. The maximum Gasteiger partial charge on any atom is 0.338 e. The number of halogens is 1. The molecule has 0 N–H and O–H groups in total. The molecule has 7 heteroatoms. The molecule has 32 heavy (non-hydrogen) atoms. The van der Waals surface area contributed by atoms with Crippen LogP contribution >= 0.6 is 11.6 Å². The van der Waals surface area contributed by atoms with Gasteiger partial charge in [-0.05, 0) is 48.4 Å². The third-order valence-corrected chi connectivity index (χ3v) is 5.73. The van der Waals surface area contributed by atoms with E-state index in [1.807, 2.05) is 29.2 Å². The van der Waals surface area contributed by atoms with E-state index in [2.05, 4.69) is 11.8 Å². The number of nitrogens with zero attached hydrogens (tertiary/aromatic N) is 2. The van der Waals surface area contributed by atoms with Crippen molar-refractivity contribution < 1.29 is 19.1 Å². The Morgan fingerprint density at radius 3 is 2.28 bits per heavy atom. The van der Waals surface area contributed by atoms with Gasteiger partial charge in [0, 0.05) is 37.7 Å². The minimum atomic E-state index is -0.333. The van der Waals surface area contributed by atoms with Crippen molar-refractivity contribution in [3.8, 4) is 5.75 Å².